The van der Waals surface area contributed by atoms with Gasteiger partial charge in [-0.05, 0) is 60.6 Å². The van der Waals surface area contributed by atoms with Gasteiger partial charge in [0.05, 0.1) is 11.1 Å². The molecule has 0 fully saturated rings. The topological polar surface area (TPSA) is 40.6 Å². The number of amides is 1. The molecule has 1 amide bonds. The molecule has 0 N–H and O–H groups in total. The number of carbonyl (C=O) groups is 2. The second-order valence-corrected chi connectivity index (χ2v) is 8.57. The molecule has 2 rings (SSSR count). The predicted molar refractivity (Wildman–Crippen MR) is 125 cm³/mol. The Hall–Kier alpha value is -0.860. The Balaban J connectivity index is 0.00000392. The number of benzene rings is 2. The highest BCUT2D eigenvalue weighted by molar-refractivity contribution is 14.1. The van der Waals surface area contributed by atoms with Crippen LogP contribution in [-0.4, -0.2) is 26.3 Å². The van der Waals surface area contributed by atoms with Crippen LogP contribution in [0.1, 0.15) is 53.5 Å². The highest BCUT2D eigenvalue weighted by atomic mass is 127. The van der Waals surface area contributed by atoms with Gasteiger partial charge in [-0.15, -0.1) is 16.9 Å². The highest BCUT2D eigenvalue weighted by Crippen LogP contribution is 2.29. The third-order valence-corrected chi connectivity index (χ3v) is 6.13. The molecule has 28 heavy (non-hydrogen) atoms. The molecule has 2 aromatic rings. The van der Waals surface area contributed by atoms with E-state index in [1.54, 1.807) is 26.0 Å². The minimum atomic E-state index is -0.875. The number of ketones is 1. The largest absolute Gasteiger partial charge is 0.294 e. The van der Waals surface area contributed by atoms with Crippen molar-refractivity contribution in [2.75, 3.05) is 0 Å². The van der Waals surface area contributed by atoms with Crippen molar-refractivity contribution >= 4 is 70.2 Å². The lowest BCUT2D eigenvalue weighted by molar-refractivity contribution is 0.0373. The van der Waals surface area contributed by atoms with E-state index in [9.17, 15) is 9.59 Å². The van der Waals surface area contributed by atoms with Crippen molar-refractivity contribution in [1.82, 2.24) is 9.06 Å². The van der Waals surface area contributed by atoms with Gasteiger partial charge in [0.15, 0.2) is 5.78 Å². The van der Waals surface area contributed by atoms with Crippen molar-refractivity contribution in [1.29, 1.82) is 0 Å². The van der Waals surface area contributed by atoms with Gasteiger partial charge in [0, 0.05) is 39.1 Å². The predicted octanol–water partition coefficient (Wildman–Crippen LogP) is 6.29. The van der Waals surface area contributed by atoms with Crippen molar-refractivity contribution in [3.8, 4) is 0 Å². The zero-order valence-corrected chi connectivity index (χ0v) is 20.3. The first-order valence-electron chi connectivity index (χ1n) is 8.50. The molecular formula is C20H22Cl3IN2O2. The summed E-state index contributed by atoms with van der Waals surface area (Å²) >= 11 is 14.6. The lowest BCUT2D eigenvalue weighted by Crippen LogP contribution is -2.48. The molecule has 2 aromatic carbocycles. The van der Waals surface area contributed by atoms with Gasteiger partial charge in [-0.1, -0.05) is 43.3 Å². The van der Waals surface area contributed by atoms with Crippen molar-refractivity contribution in [2.24, 2.45) is 0 Å². The number of aryl methyl sites for hydroxylation is 1. The summed E-state index contributed by atoms with van der Waals surface area (Å²) in [4.78, 5) is 25.3. The fourth-order valence-electron chi connectivity index (χ4n) is 2.54. The molecule has 0 saturated heterocycles. The number of hydrazine groups is 1. The number of halogens is 4. The van der Waals surface area contributed by atoms with Crippen LogP contribution in [0.3, 0.4) is 0 Å². The maximum Gasteiger partial charge on any atom is 0.285 e. The first-order valence-corrected chi connectivity index (χ1v) is 10.3. The molecule has 0 spiro atoms. The lowest BCUT2D eigenvalue weighted by atomic mass is 9.94. The Morgan fingerprint density at radius 1 is 1.04 bits per heavy atom. The second kappa shape index (κ2) is 10.8. The Kier molecular flexibility index (Phi) is 9.70. The Labute approximate surface area is 195 Å². The van der Waals surface area contributed by atoms with Gasteiger partial charge in [0.2, 0.25) is 0 Å². The third kappa shape index (κ3) is 6.07. The highest BCUT2D eigenvalue weighted by Gasteiger charge is 2.36. The molecule has 0 aliphatic carbocycles. The monoisotopic (exact) mass is 554 g/mol. The minimum absolute atomic E-state index is 0. The average molecular weight is 556 g/mol. The summed E-state index contributed by atoms with van der Waals surface area (Å²) < 4.78 is 2.67. The molecule has 8 heteroatoms. The van der Waals surface area contributed by atoms with Crippen LogP contribution in [0.2, 0.25) is 0 Å². The van der Waals surface area contributed by atoms with Gasteiger partial charge in [-0.3, -0.25) is 9.59 Å². The zero-order chi connectivity index (χ0) is 20.2. The molecule has 0 bridgehead atoms. The van der Waals surface area contributed by atoms with Crippen LogP contribution < -0.4 is 0 Å². The Morgan fingerprint density at radius 3 is 2.14 bits per heavy atom. The fraction of sp³-hybridized carbons (Fsp3) is 0.300. The van der Waals surface area contributed by atoms with Gasteiger partial charge < -0.3 is 0 Å². The van der Waals surface area contributed by atoms with Crippen molar-refractivity contribution in [3.63, 3.8) is 0 Å². The number of hydrogen-bond donors (Lipinski definition) is 0. The average Bonchev–Trinajstić information content (AvgIpc) is 2.66. The van der Waals surface area contributed by atoms with E-state index in [-0.39, 0.29) is 24.6 Å². The lowest BCUT2D eigenvalue weighted by Gasteiger charge is -2.36. The van der Waals surface area contributed by atoms with Crippen LogP contribution in [0.4, 0.5) is 0 Å². The van der Waals surface area contributed by atoms with E-state index < -0.39 is 11.4 Å². The SMILES string of the molecule is CCc1ccc(C(=O)CC(C)(C)N(Cl)N(Cl)C(=O)c2ccccc2I)cc1.Cl. The molecule has 0 atom stereocenters. The van der Waals surface area contributed by atoms with E-state index >= 15 is 0 Å². The van der Waals surface area contributed by atoms with E-state index in [1.807, 2.05) is 36.4 Å². The maximum atomic E-state index is 12.7. The molecule has 0 heterocycles. The quantitative estimate of drug-likeness (QED) is 0.174. The fourth-order valence-corrected chi connectivity index (χ4v) is 3.58. The molecule has 0 unspecified atom stereocenters. The molecule has 0 aromatic heterocycles. The van der Waals surface area contributed by atoms with Gasteiger partial charge in [-0.25, -0.2) is 0 Å². The summed E-state index contributed by atoms with van der Waals surface area (Å²) in [5.41, 5.74) is 1.34. The summed E-state index contributed by atoms with van der Waals surface area (Å²) in [6, 6.07) is 14.6. The number of rotatable bonds is 7. The van der Waals surface area contributed by atoms with Gasteiger partial charge in [0.1, 0.15) is 0 Å². The molecule has 0 aliphatic rings. The van der Waals surface area contributed by atoms with E-state index in [0.717, 1.165) is 19.0 Å². The molecular weight excluding hydrogens is 533 g/mol. The summed E-state index contributed by atoms with van der Waals surface area (Å²) in [6.07, 6.45) is 1.02. The molecule has 0 saturated carbocycles. The van der Waals surface area contributed by atoms with Crippen molar-refractivity contribution < 1.29 is 9.59 Å². The van der Waals surface area contributed by atoms with Crippen molar-refractivity contribution in [2.45, 2.75) is 39.2 Å². The first kappa shape index (κ1) is 25.2. The van der Waals surface area contributed by atoms with Gasteiger partial charge >= 0.3 is 0 Å². The smallest absolute Gasteiger partial charge is 0.285 e. The van der Waals surface area contributed by atoms with Crippen LogP contribution >= 0.6 is 58.6 Å². The minimum Gasteiger partial charge on any atom is -0.294 e. The van der Waals surface area contributed by atoms with Gasteiger partial charge in [-0.2, -0.15) is 4.53 Å². The van der Waals surface area contributed by atoms with E-state index in [1.165, 1.54) is 5.56 Å². The maximum absolute atomic E-state index is 12.7. The summed E-state index contributed by atoms with van der Waals surface area (Å²) in [5, 5.41) is 0. The van der Waals surface area contributed by atoms with Crippen LogP contribution in [0.15, 0.2) is 48.5 Å². The zero-order valence-electron chi connectivity index (χ0n) is 15.8. The molecule has 0 radical (unpaired) electrons. The Bertz CT molecular complexity index is 828. The number of carbonyl (C=O) groups excluding carboxylic acids is 2. The molecule has 152 valence electrons. The number of nitrogens with zero attached hydrogens (tertiary/aromatic N) is 2. The number of Topliss-reactive ketones (excluding diaryl/α,β-unsaturated/α-hetero) is 1. The van der Waals surface area contributed by atoms with Crippen molar-refractivity contribution in [3.05, 3.63) is 68.8 Å². The number of hydrogen-bond acceptors (Lipinski definition) is 3. The van der Waals surface area contributed by atoms with E-state index in [0.29, 0.717) is 11.1 Å². The summed E-state index contributed by atoms with van der Waals surface area (Å²) in [7, 11) is 0. The third-order valence-electron chi connectivity index (χ3n) is 4.20. The van der Waals surface area contributed by atoms with Gasteiger partial charge in [0.25, 0.3) is 5.91 Å². The van der Waals surface area contributed by atoms with Crippen LogP contribution in [0, 0.1) is 3.57 Å². The standard InChI is InChI=1S/C20H21Cl2IN2O2.ClH/c1-4-14-9-11-15(12-10-14)18(26)13-20(2,3)25(22)24(21)19(27)16-7-5-6-8-17(16)23;/h5-12H,4,13H2,1-3H3;1H. The van der Waals surface area contributed by atoms with Crippen LogP contribution in [0.25, 0.3) is 0 Å². The van der Waals surface area contributed by atoms with E-state index in [2.05, 4.69) is 29.5 Å². The summed E-state index contributed by atoms with van der Waals surface area (Å²) in [6.45, 7) is 5.58. The molecule has 4 nitrogen and oxygen atoms in total. The molecule has 0 aliphatic heterocycles. The first-order chi connectivity index (χ1) is 12.7. The van der Waals surface area contributed by atoms with Crippen LogP contribution in [0.5, 0.6) is 0 Å². The normalized spacial score (nSPS) is 11.1. The summed E-state index contributed by atoms with van der Waals surface area (Å²) in [5.74, 6) is -0.524. The van der Waals surface area contributed by atoms with Crippen LogP contribution in [-0.2, 0) is 6.42 Å². The second-order valence-electron chi connectivity index (χ2n) is 6.77. The Morgan fingerprint density at radius 2 is 1.61 bits per heavy atom. The van der Waals surface area contributed by atoms with E-state index in [4.69, 9.17) is 23.6 Å².